The van der Waals surface area contributed by atoms with Crippen LogP contribution in [0.25, 0.3) is 0 Å². The summed E-state index contributed by atoms with van der Waals surface area (Å²) in [6.07, 6.45) is 10.5. The fourth-order valence-electron chi connectivity index (χ4n) is 2.16. The zero-order valence-corrected chi connectivity index (χ0v) is 12.9. The highest BCUT2D eigenvalue weighted by molar-refractivity contribution is 14.1. The summed E-state index contributed by atoms with van der Waals surface area (Å²) in [7, 11) is 0. The smallest absolute Gasteiger partial charge is 0.417 e. The van der Waals surface area contributed by atoms with Crippen molar-refractivity contribution in [3.8, 4) is 0 Å². The zero-order chi connectivity index (χ0) is 13.9. The van der Waals surface area contributed by atoms with Crippen molar-refractivity contribution in [2.24, 2.45) is 0 Å². The van der Waals surface area contributed by atoms with E-state index < -0.39 is 0 Å². The van der Waals surface area contributed by atoms with Gasteiger partial charge in [-0.2, -0.15) is 0 Å². The Balaban J connectivity index is 1.71. The number of carbonyl (C=O) groups excluding carboxylic acids is 1. The summed E-state index contributed by atoms with van der Waals surface area (Å²) in [5.74, 6) is 1.04. The average molecular weight is 387 g/mol. The van der Waals surface area contributed by atoms with Gasteiger partial charge in [0.1, 0.15) is 12.4 Å². The molecule has 106 valence electrons. The summed E-state index contributed by atoms with van der Waals surface area (Å²) < 4.78 is 17.1. The third kappa shape index (κ3) is 2.70. The molecule has 20 heavy (non-hydrogen) atoms. The van der Waals surface area contributed by atoms with Gasteiger partial charge in [-0.25, -0.2) is 9.69 Å². The van der Waals surface area contributed by atoms with Crippen molar-refractivity contribution in [3.05, 3.63) is 48.0 Å². The first kappa shape index (κ1) is 13.5. The van der Waals surface area contributed by atoms with Crippen LogP contribution in [0, 0.1) is 0 Å². The summed E-state index contributed by atoms with van der Waals surface area (Å²) in [6.45, 7) is 0.489. The molecule has 1 saturated heterocycles. The maximum absolute atomic E-state index is 11.8. The molecule has 6 heteroatoms. The van der Waals surface area contributed by atoms with Crippen molar-refractivity contribution in [2.75, 3.05) is 11.0 Å². The van der Waals surface area contributed by atoms with Crippen LogP contribution in [0.15, 0.2) is 48.0 Å². The van der Waals surface area contributed by atoms with Gasteiger partial charge in [-0.1, -0.05) is 40.8 Å². The topological polar surface area (TPSA) is 48.0 Å². The fraction of sp³-hybridized carbons (Fsp3) is 0.357. The van der Waals surface area contributed by atoms with Crippen molar-refractivity contribution in [2.45, 2.75) is 18.9 Å². The number of hydrogen-bond donors (Lipinski definition) is 0. The number of alkyl halides is 1. The largest absolute Gasteiger partial charge is 0.463 e. The van der Waals surface area contributed by atoms with E-state index in [0.29, 0.717) is 18.2 Å². The molecule has 0 N–H and O–H groups in total. The quantitative estimate of drug-likeness (QED) is 0.551. The molecule has 0 aromatic rings. The Morgan fingerprint density at radius 3 is 3.00 bits per heavy atom. The minimum Gasteiger partial charge on any atom is -0.463 e. The third-order valence-electron chi connectivity index (χ3n) is 3.20. The molecule has 0 unspecified atom stereocenters. The normalized spacial score (nSPS) is 25.2. The summed E-state index contributed by atoms with van der Waals surface area (Å²) >= 11 is 2.20. The molecule has 0 spiro atoms. The minimum absolute atomic E-state index is 0.0983. The minimum atomic E-state index is -0.389. The second kappa shape index (κ2) is 5.90. The van der Waals surface area contributed by atoms with Crippen LogP contribution in [0.3, 0.4) is 0 Å². The molecular weight excluding hydrogens is 373 g/mol. The lowest BCUT2D eigenvalue weighted by Gasteiger charge is -2.23. The van der Waals surface area contributed by atoms with Gasteiger partial charge < -0.3 is 14.2 Å². The predicted octanol–water partition coefficient (Wildman–Crippen LogP) is 3.21. The van der Waals surface area contributed by atoms with Crippen LogP contribution in [0.4, 0.5) is 4.79 Å². The van der Waals surface area contributed by atoms with Gasteiger partial charge in [0.15, 0.2) is 12.0 Å². The van der Waals surface area contributed by atoms with Crippen LogP contribution < -0.4 is 0 Å². The zero-order valence-electron chi connectivity index (χ0n) is 10.8. The first-order valence-electron chi connectivity index (χ1n) is 6.42. The third-order valence-corrected chi connectivity index (χ3v) is 4.18. The monoisotopic (exact) mass is 387 g/mol. The van der Waals surface area contributed by atoms with Gasteiger partial charge in [0, 0.05) is 4.43 Å². The molecule has 0 aromatic carbocycles. The Morgan fingerprint density at radius 2 is 2.30 bits per heavy atom. The highest BCUT2D eigenvalue weighted by Gasteiger charge is 2.35. The second-order valence-electron chi connectivity index (χ2n) is 4.61. The van der Waals surface area contributed by atoms with Gasteiger partial charge in [-0.05, 0) is 18.4 Å². The van der Waals surface area contributed by atoms with Crippen LogP contribution >= 0.6 is 22.6 Å². The maximum atomic E-state index is 11.8. The van der Waals surface area contributed by atoms with Crippen molar-refractivity contribution in [3.63, 3.8) is 0 Å². The summed E-state index contributed by atoms with van der Waals surface area (Å²) in [5.41, 5.74) is 1.07. The van der Waals surface area contributed by atoms with Crippen LogP contribution in [0.2, 0.25) is 0 Å². The molecule has 1 atom stereocenters. The number of allylic oxidation sites excluding steroid dienone is 4. The lowest BCUT2D eigenvalue weighted by Crippen LogP contribution is -2.27. The number of amides is 1. The molecule has 0 saturated carbocycles. The Labute approximate surface area is 130 Å². The SMILES string of the molecule is O=C1O[C@H](CI)CN1C1=COC=C(C2=CC=CCC2)O1. The Kier molecular flexibility index (Phi) is 4.00. The summed E-state index contributed by atoms with van der Waals surface area (Å²) in [5, 5.41) is 0. The molecule has 1 fully saturated rings. The standard InChI is InChI=1S/C14H14INO4/c15-6-11-7-16(14(17)19-11)13-9-18-8-12(20-13)10-4-2-1-3-5-10/h1-2,4,8-9,11H,3,5-7H2/t11-/m1/s1. The van der Waals surface area contributed by atoms with E-state index in [0.717, 1.165) is 22.8 Å². The molecule has 5 nitrogen and oxygen atoms in total. The van der Waals surface area contributed by atoms with E-state index >= 15 is 0 Å². The number of cyclic esters (lactones) is 1. The number of halogens is 1. The number of rotatable bonds is 3. The lowest BCUT2D eigenvalue weighted by molar-refractivity contribution is 0.122. The molecule has 1 amide bonds. The molecule has 3 rings (SSSR count). The van der Waals surface area contributed by atoms with Gasteiger partial charge in [0.2, 0.25) is 5.88 Å². The number of carbonyl (C=O) groups is 1. The molecule has 3 aliphatic rings. The van der Waals surface area contributed by atoms with Crippen LogP contribution in [0.5, 0.6) is 0 Å². The molecule has 0 radical (unpaired) electrons. The van der Waals surface area contributed by atoms with E-state index in [9.17, 15) is 4.79 Å². The Hall–Kier alpha value is -1.44. The van der Waals surface area contributed by atoms with Crippen molar-refractivity contribution >= 4 is 28.7 Å². The number of nitrogens with zero attached hydrogens (tertiary/aromatic N) is 1. The number of ether oxygens (including phenoxy) is 3. The highest BCUT2D eigenvalue weighted by Crippen LogP contribution is 2.29. The molecule has 1 aliphatic carbocycles. The van der Waals surface area contributed by atoms with E-state index in [2.05, 4.69) is 28.7 Å². The van der Waals surface area contributed by atoms with E-state index in [4.69, 9.17) is 14.2 Å². The molecular formula is C14H14INO4. The van der Waals surface area contributed by atoms with Crippen LogP contribution in [-0.2, 0) is 14.2 Å². The van der Waals surface area contributed by atoms with Gasteiger partial charge in [0.25, 0.3) is 0 Å². The molecule has 2 heterocycles. The van der Waals surface area contributed by atoms with Crippen molar-refractivity contribution < 1.29 is 19.0 Å². The summed E-state index contributed by atoms with van der Waals surface area (Å²) in [6, 6.07) is 0. The van der Waals surface area contributed by atoms with Crippen molar-refractivity contribution in [1.82, 2.24) is 4.90 Å². The molecule has 0 aromatic heterocycles. The lowest BCUT2D eigenvalue weighted by atomic mass is 10.0. The van der Waals surface area contributed by atoms with Crippen LogP contribution in [0.1, 0.15) is 12.8 Å². The predicted molar refractivity (Wildman–Crippen MR) is 80.7 cm³/mol. The average Bonchev–Trinajstić information content (AvgIpc) is 2.89. The fourth-order valence-corrected chi connectivity index (χ4v) is 2.62. The van der Waals surface area contributed by atoms with E-state index in [1.54, 1.807) is 6.26 Å². The molecule has 2 aliphatic heterocycles. The van der Waals surface area contributed by atoms with E-state index in [-0.39, 0.29) is 12.2 Å². The van der Waals surface area contributed by atoms with Gasteiger partial charge in [-0.3, -0.25) is 0 Å². The van der Waals surface area contributed by atoms with Crippen LogP contribution in [-0.4, -0.2) is 28.1 Å². The maximum Gasteiger partial charge on any atom is 0.417 e. The van der Waals surface area contributed by atoms with E-state index in [1.165, 1.54) is 11.2 Å². The van der Waals surface area contributed by atoms with E-state index in [1.807, 2.05) is 12.2 Å². The van der Waals surface area contributed by atoms with Gasteiger partial charge in [-0.15, -0.1) is 0 Å². The van der Waals surface area contributed by atoms with Gasteiger partial charge in [0.05, 0.1) is 6.54 Å². The second-order valence-corrected chi connectivity index (χ2v) is 5.49. The van der Waals surface area contributed by atoms with Crippen molar-refractivity contribution in [1.29, 1.82) is 0 Å². The highest BCUT2D eigenvalue weighted by atomic mass is 127. The first-order valence-corrected chi connectivity index (χ1v) is 7.94. The summed E-state index contributed by atoms with van der Waals surface area (Å²) in [4.78, 5) is 13.3. The number of hydrogen-bond acceptors (Lipinski definition) is 4. The first-order chi connectivity index (χ1) is 9.78. The Morgan fingerprint density at radius 1 is 1.40 bits per heavy atom. The van der Waals surface area contributed by atoms with Gasteiger partial charge >= 0.3 is 6.09 Å². The Bertz CT molecular complexity index is 535. The molecule has 0 bridgehead atoms.